The molecule has 2 aromatic carbocycles. The summed E-state index contributed by atoms with van der Waals surface area (Å²) in [5, 5.41) is 17.5. The van der Waals surface area contributed by atoms with Gasteiger partial charge in [-0.25, -0.2) is 26.8 Å². The van der Waals surface area contributed by atoms with E-state index in [4.69, 9.17) is 21.5 Å². The molecule has 0 aliphatic carbocycles. The van der Waals surface area contributed by atoms with E-state index in [-0.39, 0.29) is 40.9 Å². The first kappa shape index (κ1) is 29.4. The molecule has 2 aliphatic rings. The Hall–Kier alpha value is -2.56. The highest BCUT2D eigenvalue weighted by Crippen LogP contribution is 2.34. The van der Waals surface area contributed by atoms with Gasteiger partial charge in [-0.1, -0.05) is 30.7 Å². The Labute approximate surface area is 236 Å². The van der Waals surface area contributed by atoms with Crippen LogP contribution in [0.25, 0.3) is 0 Å². The lowest BCUT2D eigenvalue weighted by Gasteiger charge is -2.28. The Bertz CT molecular complexity index is 1500. The van der Waals surface area contributed by atoms with Gasteiger partial charge in [-0.15, -0.1) is 0 Å². The largest absolute Gasteiger partial charge is 0.488 e. The van der Waals surface area contributed by atoms with Crippen LogP contribution in [0.2, 0.25) is 5.02 Å². The lowest BCUT2D eigenvalue weighted by molar-refractivity contribution is -0.149. The molecule has 4 rings (SSSR count). The van der Waals surface area contributed by atoms with Crippen molar-refractivity contribution in [3.05, 3.63) is 47.0 Å². The maximum atomic E-state index is 12.8. The summed E-state index contributed by atoms with van der Waals surface area (Å²) in [5.41, 5.74) is 0.879. The second-order valence-corrected chi connectivity index (χ2v) is 13.4. The van der Waals surface area contributed by atoms with E-state index in [0.29, 0.717) is 11.5 Å². The van der Waals surface area contributed by atoms with E-state index in [2.05, 4.69) is 22.7 Å². The molecule has 2 aliphatic heterocycles. The Morgan fingerprint density at radius 3 is 2.54 bits per heavy atom. The fraction of sp³-hybridized carbons (Fsp3) is 0.391. The molecule has 1 saturated heterocycles. The van der Waals surface area contributed by atoms with Crippen LogP contribution in [0.4, 0.5) is 5.69 Å². The van der Waals surface area contributed by atoms with Gasteiger partial charge in [0.05, 0.1) is 23.4 Å². The number of fused-ring (bicyclic) bond motifs is 1. The Morgan fingerprint density at radius 1 is 1.28 bits per heavy atom. The van der Waals surface area contributed by atoms with E-state index in [1.54, 1.807) is 31.2 Å². The zero-order valence-electron chi connectivity index (χ0n) is 20.6. The number of hydrogen-bond acceptors (Lipinski definition) is 9. The minimum absolute atomic E-state index is 0.136. The molecule has 0 saturated carbocycles. The first-order chi connectivity index (χ1) is 18.2. The van der Waals surface area contributed by atoms with Crippen molar-refractivity contribution in [2.45, 2.75) is 47.9 Å². The van der Waals surface area contributed by atoms with Gasteiger partial charge in [0.25, 0.3) is 0 Å². The number of nitrogens with zero attached hydrogens (tertiary/aromatic N) is 1. The third kappa shape index (κ3) is 6.44. The number of thiol groups is 1. The predicted molar refractivity (Wildman–Crippen MR) is 146 cm³/mol. The first-order valence-corrected chi connectivity index (χ1v) is 15.8. The molecule has 12 nitrogen and oxygen atoms in total. The summed E-state index contributed by atoms with van der Waals surface area (Å²) in [6, 6.07) is 7.94. The highest BCUT2D eigenvalue weighted by atomic mass is 35.5. The van der Waals surface area contributed by atoms with Crippen LogP contribution in [0.15, 0.2) is 46.2 Å². The van der Waals surface area contributed by atoms with Crippen LogP contribution in [0.3, 0.4) is 0 Å². The number of carboxylic acid groups (broad SMARTS) is 1. The number of ether oxygens (including phenoxy) is 1. The number of sulfonamides is 2. The third-order valence-electron chi connectivity index (χ3n) is 6.45. The van der Waals surface area contributed by atoms with Crippen molar-refractivity contribution >= 4 is 61.8 Å². The van der Waals surface area contributed by atoms with Gasteiger partial charge in [0.1, 0.15) is 27.7 Å². The van der Waals surface area contributed by atoms with E-state index >= 15 is 0 Å². The number of primary sulfonamides is 1. The normalized spacial score (nSPS) is 23.0. The van der Waals surface area contributed by atoms with Crippen LogP contribution in [0.5, 0.6) is 5.75 Å². The molecule has 1 amide bonds. The molecule has 4 atom stereocenters. The number of amides is 1. The molecule has 2 unspecified atom stereocenters. The van der Waals surface area contributed by atoms with Crippen molar-refractivity contribution < 1.29 is 36.3 Å². The van der Waals surface area contributed by atoms with Crippen molar-refractivity contribution in [1.82, 2.24) is 9.62 Å². The van der Waals surface area contributed by atoms with E-state index in [1.165, 1.54) is 11.0 Å². The number of carboxylic acids is 1. The zero-order chi connectivity index (χ0) is 28.7. The predicted octanol–water partition coefficient (Wildman–Crippen LogP) is 1.26. The zero-order valence-corrected chi connectivity index (χ0v) is 23.9. The van der Waals surface area contributed by atoms with E-state index < -0.39 is 55.1 Å². The summed E-state index contributed by atoms with van der Waals surface area (Å²) in [6.45, 7) is 1.83. The molecule has 2 aromatic rings. The van der Waals surface area contributed by atoms with Gasteiger partial charge < -0.3 is 20.1 Å². The SMILES string of the molecule is C[C@H](CS)C(=O)N1CC(Oc2ccc(CC3Nc4cc(Cl)c(S(N)(=O)=O)cc4S(=O)(=O)N3)cc2)C[C@H]1C(=O)O. The smallest absolute Gasteiger partial charge is 0.326 e. The summed E-state index contributed by atoms with van der Waals surface area (Å²) < 4.78 is 57.5. The topological polar surface area (TPSA) is 185 Å². The number of aliphatic carboxylic acids is 1. The van der Waals surface area contributed by atoms with Crippen LogP contribution in [0.1, 0.15) is 18.9 Å². The van der Waals surface area contributed by atoms with Gasteiger partial charge in [0.2, 0.25) is 26.0 Å². The quantitative estimate of drug-likeness (QED) is 0.272. The van der Waals surface area contributed by atoms with Gasteiger partial charge in [0.15, 0.2) is 0 Å². The number of nitrogens with two attached hydrogens (primary N) is 1. The minimum Gasteiger partial charge on any atom is -0.488 e. The van der Waals surface area contributed by atoms with Gasteiger partial charge >= 0.3 is 5.97 Å². The standard InChI is InChI=1S/C23H27ClN4O8S3/c1-12(11-37)22(29)28-10-15(7-18(28)23(30)31)36-14-4-2-13(3-5-14)6-21-26-17-8-16(24)19(38(25,32)33)9-20(17)39(34,35)27-21/h2-5,8-9,12,15,18,21,26-27,37H,6-7,10-11H2,1H3,(H,30,31)(H2,25,32,33)/t12-,15?,18+,21?/m1/s1. The van der Waals surface area contributed by atoms with Crippen LogP contribution in [0, 0.1) is 5.92 Å². The first-order valence-electron chi connectivity index (χ1n) is 11.7. The third-order valence-corrected chi connectivity index (χ3v) is 9.88. The molecule has 0 spiro atoms. The Kier molecular flexibility index (Phi) is 8.40. The number of nitrogens with one attached hydrogen (secondary N) is 2. The van der Waals surface area contributed by atoms with Crippen molar-refractivity contribution in [1.29, 1.82) is 0 Å². The molecular weight excluding hydrogens is 592 g/mol. The molecule has 0 radical (unpaired) electrons. The average Bonchev–Trinajstić information content (AvgIpc) is 3.26. The maximum absolute atomic E-state index is 12.8. The number of carbonyl (C=O) groups excluding carboxylic acids is 1. The highest BCUT2D eigenvalue weighted by molar-refractivity contribution is 7.90. The van der Waals surface area contributed by atoms with Crippen LogP contribution in [-0.4, -0.2) is 69.3 Å². The number of likely N-dealkylation sites (tertiary alicyclic amines) is 1. The molecule has 0 aromatic heterocycles. The second kappa shape index (κ2) is 11.1. The summed E-state index contributed by atoms with van der Waals surface area (Å²) in [4.78, 5) is 24.8. The molecule has 5 N–H and O–H groups in total. The maximum Gasteiger partial charge on any atom is 0.326 e. The second-order valence-electron chi connectivity index (χ2n) is 9.39. The van der Waals surface area contributed by atoms with Gasteiger partial charge in [-0.2, -0.15) is 17.4 Å². The van der Waals surface area contributed by atoms with E-state index in [1.807, 2.05) is 0 Å². The number of benzene rings is 2. The number of halogens is 1. The molecular formula is C23H27ClN4O8S3. The van der Waals surface area contributed by atoms with Crippen molar-refractivity contribution in [3.63, 3.8) is 0 Å². The fourth-order valence-corrected chi connectivity index (χ4v) is 7.16. The summed E-state index contributed by atoms with van der Waals surface area (Å²) in [6.07, 6.45) is -0.902. The molecule has 16 heteroatoms. The number of rotatable bonds is 8. The summed E-state index contributed by atoms with van der Waals surface area (Å²) >= 11 is 10.2. The monoisotopic (exact) mass is 618 g/mol. The lowest BCUT2D eigenvalue weighted by Crippen LogP contribution is -2.46. The molecule has 0 bridgehead atoms. The van der Waals surface area contributed by atoms with Gasteiger partial charge in [-0.05, 0) is 29.8 Å². The van der Waals surface area contributed by atoms with Crippen LogP contribution < -0.4 is 19.9 Å². The lowest BCUT2D eigenvalue weighted by atomic mass is 10.1. The number of carbonyl (C=O) groups is 2. The van der Waals surface area contributed by atoms with Gasteiger partial charge in [0, 0.05) is 24.5 Å². The molecule has 39 heavy (non-hydrogen) atoms. The number of hydrogen-bond donors (Lipinski definition) is 5. The summed E-state index contributed by atoms with van der Waals surface area (Å²) in [5.74, 6) is -1.03. The van der Waals surface area contributed by atoms with E-state index in [9.17, 15) is 31.5 Å². The molecule has 212 valence electrons. The Balaban J connectivity index is 1.43. The number of anilines is 1. The van der Waals surface area contributed by atoms with Crippen LogP contribution >= 0.6 is 24.2 Å². The van der Waals surface area contributed by atoms with Crippen molar-refractivity contribution in [2.24, 2.45) is 11.1 Å². The van der Waals surface area contributed by atoms with E-state index in [0.717, 1.165) is 11.6 Å². The average molecular weight is 619 g/mol. The molecule has 2 heterocycles. The summed E-state index contributed by atoms with van der Waals surface area (Å²) in [7, 11) is -8.30. The van der Waals surface area contributed by atoms with Gasteiger partial charge in [-0.3, -0.25) is 4.79 Å². The highest BCUT2D eigenvalue weighted by Gasteiger charge is 2.42. The van der Waals surface area contributed by atoms with Crippen molar-refractivity contribution in [3.8, 4) is 5.75 Å². The minimum atomic E-state index is -4.23. The fourth-order valence-electron chi connectivity index (χ4n) is 4.50. The van der Waals surface area contributed by atoms with Crippen molar-refractivity contribution in [2.75, 3.05) is 17.6 Å². The Morgan fingerprint density at radius 2 is 1.95 bits per heavy atom. The molecule has 1 fully saturated rings. The van der Waals surface area contributed by atoms with Crippen LogP contribution in [-0.2, 0) is 36.1 Å².